The van der Waals surface area contributed by atoms with E-state index in [1.54, 1.807) is 6.07 Å². The Labute approximate surface area is 147 Å². The van der Waals surface area contributed by atoms with Crippen LogP contribution in [0.2, 0.25) is 0 Å². The Kier molecular flexibility index (Phi) is 5.55. The Morgan fingerprint density at radius 2 is 2.04 bits per heavy atom. The van der Waals surface area contributed by atoms with Crippen LogP contribution >= 0.6 is 0 Å². The van der Waals surface area contributed by atoms with Crippen molar-refractivity contribution in [2.45, 2.75) is 20.3 Å². The van der Waals surface area contributed by atoms with Gasteiger partial charge in [0.1, 0.15) is 5.69 Å². The highest BCUT2D eigenvalue weighted by atomic mass is 16.7. The number of aromatic nitrogens is 2. The van der Waals surface area contributed by atoms with Gasteiger partial charge in [-0.05, 0) is 50.3 Å². The summed E-state index contributed by atoms with van der Waals surface area (Å²) < 4.78 is 10.7. The number of hydrogen-bond acceptors (Lipinski definition) is 5. The monoisotopic (exact) mass is 344 g/mol. The number of ether oxygens (including phenoxy) is 2. The van der Waals surface area contributed by atoms with Crippen molar-refractivity contribution in [3.05, 3.63) is 30.0 Å². The Hall–Kier alpha value is -2.54. The van der Waals surface area contributed by atoms with Crippen molar-refractivity contribution in [3.8, 4) is 22.8 Å². The molecule has 0 spiro atoms. The van der Waals surface area contributed by atoms with Gasteiger partial charge in [0.15, 0.2) is 11.5 Å². The summed E-state index contributed by atoms with van der Waals surface area (Å²) in [4.78, 5) is 14.6. The van der Waals surface area contributed by atoms with Gasteiger partial charge in [0.2, 0.25) is 6.79 Å². The summed E-state index contributed by atoms with van der Waals surface area (Å²) in [7, 11) is 0. The van der Waals surface area contributed by atoms with Crippen LogP contribution in [0.25, 0.3) is 11.3 Å². The second-order valence-corrected chi connectivity index (χ2v) is 5.87. The number of amides is 1. The third-order valence-corrected chi connectivity index (χ3v) is 4.32. The van der Waals surface area contributed by atoms with E-state index in [1.807, 2.05) is 18.2 Å². The van der Waals surface area contributed by atoms with Gasteiger partial charge in [-0.15, -0.1) is 0 Å². The van der Waals surface area contributed by atoms with Gasteiger partial charge in [-0.25, -0.2) is 0 Å². The molecule has 0 radical (unpaired) electrons. The molecule has 1 aromatic carbocycles. The predicted octanol–water partition coefficient (Wildman–Crippen LogP) is 2.27. The maximum atomic E-state index is 12.2. The van der Waals surface area contributed by atoms with Crippen LogP contribution in [0.3, 0.4) is 0 Å². The van der Waals surface area contributed by atoms with Gasteiger partial charge < -0.3 is 19.7 Å². The van der Waals surface area contributed by atoms with Crippen molar-refractivity contribution >= 4 is 5.91 Å². The summed E-state index contributed by atoms with van der Waals surface area (Å²) in [6.07, 6.45) is 0.927. The van der Waals surface area contributed by atoms with E-state index < -0.39 is 0 Å². The van der Waals surface area contributed by atoms with Crippen LogP contribution in [-0.2, 0) is 0 Å². The second kappa shape index (κ2) is 8.02. The molecular weight excluding hydrogens is 320 g/mol. The number of benzene rings is 1. The molecule has 0 atom stereocenters. The fraction of sp³-hybridized carbons (Fsp3) is 0.444. The Morgan fingerprint density at radius 1 is 1.24 bits per heavy atom. The number of fused-ring (bicyclic) bond motifs is 1. The fourth-order valence-corrected chi connectivity index (χ4v) is 2.78. The molecule has 2 aromatic rings. The van der Waals surface area contributed by atoms with Gasteiger partial charge in [-0.3, -0.25) is 9.89 Å². The minimum atomic E-state index is -0.140. The summed E-state index contributed by atoms with van der Waals surface area (Å²) in [5.41, 5.74) is 2.03. The molecule has 0 bridgehead atoms. The number of H-pyrrole nitrogens is 1. The van der Waals surface area contributed by atoms with Crippen molar-refractivity contribution in [2.75, 3.05) is 33.0 Å². The molecule has 0 saturated heterocycles. The molecule has 7 nitrogen and oxygen atoms in total. The highest BCUT2D eigenvalue weighted by Crippen LogP contribution is 2.35. The number of aromatic amines is 1. The van der Waals surface area contributed by atoms with Crippen molar-refractivity contribution in [3.63, 3.8) is 0 Å². The van der Waals surface area contributed by atoms with Crippen molar-refractivity contribution in [1.82, 2.24) is 20.4 Å². The maximum absolute atomic E-state index is 12.2. The smallest absolute Gasteiger partial charge is 0.269 e. The molecule has 1 aliphatic rings. The number of nitrogens with zero attached hydrogens (tertiary/aromatic N) is 2. The Balaban J connectivity index is 1.55. The standard InChI is InChI=1S/C18H24N4O3/c1-3-22(4-2)9-5-8-19-18(23)15-11-14(20-21-15)13-6-7-16-17(10-13)25-12-24-16/h6-7,10-11H,3-5,8-9,12H2,1-2H3,(H,19,23)(H,20,21). The lowest BCUT2D eigenvalue weighted by molar-refractivity contribution is 0.0947. The number of nitrogens with one attached hydrogen (secondary N) is 2. The first-order chi connectivity index (χ1) is 12.2. The first-order valence-electron chi connectivity index (χ1n) is 8.67. The molecule has 0 saturated carbocycles. The fourth-order valence-electron chi connectivity index (χ4n) is 2.78. The summed E-state index contributed by atoms with van der Waals surface area (Å²) >= 11 is 0. The van der Waals surface area contributed by atoms with E-state index in [0.717, 1.165) is 37.4 Å². The van der Waals surface area contributed by atoms with Crippen LogP contribution in [-0.4, -0.2) is 54.0 Å². The van der Waals surface area contributed by atoms with Gasteiger partial charge in [-0.2, -0.15) is 5.10 Å². The Bertz CT molecular complexity index is 725. The minimum Gasteiger partial charge on any atom is -0.454 e. The van der Waals surface area contributed by atoms with Crippen molar-refractivity contribution in [2.24, 2.45) is 0 Å². The van der Waals surface area contributed by atoms with Crippen molar-refractivity contribution < 1.29 is 14.3 Å². The third kappa shape index (κ3) is 4.11. The van der Waals surface area contributed by atoms with Gasteiger partial charge in [0.05, 0.1) is 5.69 Å². The van der Waals surface area contributed by atoms with E-state index >= 15 is 0 Å². The zero-order valence-electron chi connectivity index (χ0n) is 14.7. The van der Waals surface area contributed by atoms with Crippen LogP contribution in [0.15, 0.2) is 24.3 Å². The highest BCUT2D eigenvalue weighted by molar-refractivity contribution is 5.93. The largest absolute Gasteiger partial charge is 0.454 e. The van der Waals surface area contributed by atoms with Crippen LogP contribution in [0.4, 0.5) is 0 Å². The molecule has 1 amide bonds. The molecule has 1 aromatic heterocycles. The molecule has 1 aliphatic heterocycles. The lowest BCUT2D eigenvalue weighted by atomic mass is 10.1. The van der Waals surface area contributed by atoms with E-state index in [2.05, 4.69) is 34.3 Å². The van der Waals surface area contributed by atoms with Crippen molar-refractivity contribution in [1.29, 1.82) is 0 Å². The third-order valence-electron chi connectivity index (χ3n) is 4.32. The number of carbonyl (C=O) groups excluding carboxylic acids is 1. The number of rotatable bonds is 8. The molecular formula is C18H24N4O3. The van der Waals surface area contributed by atoms with Gasteiger partial charge >= 0.3 is 0 Å². The molecule has 0 fully saturated rings. The van der Waals surface area contributed by atoms with Gasteiger partial charge in [-0.1, -0.05) is 13.8 Å². The quantitative estimate of drug-likeness (QED) is 0.718. The average Bonchev–Trinajstić information content (AvgIpc) is 3.30. The molecule has 2 heterocycles. The topological polar surface area (TPSA) is 79.5 Å². The van der Waals surface area contributed by atoms with E-state index in [1.165, 1.54) is 0 Å². The summed E-state index contributed by atoms with van der Waals surface area (Å²) in [5, 5.41) is 9.95. The zero-order valence-corrected chi connectivity index (χ0v) is 14.7. The summed E-state index contributed by atoms with van der Waals surface area (Å²) in [6, 6.07) is 7.36. The molecule has 0 unspecified atom stereocenters. The zero-order chi connectivity index (χ0) is 17.6. The SMILES string of the molecule is CCN(CC)CCCNC(=O)c1cc(-c2ccc3c(c2)OCO3)n[nH]1. The molecule has 7 heteroatoms. The second-order valence-electron chi connectivity index (χ2n) is 5.87. The maximum Gasteiger partial charge on any atom is 0.269 e. The number of hydrogen-bond donors (Lipinski definition) is 2. The molecule has 134 valence electrons. The van der Waals surface area contributed by atoms with Crippen LogP contribution < -0.4 is 14.8 Å². The number of carbonyl (C=O) groups is 1. The molecule has 25 heavy (non-hydrogen) atoms. The molecule has 2 N–H and O–H groups in total. The summed E-state index contributed by atoms with van der Waals surface area (Å²) in [5.74, 6) is 1.28. The molecule has 3 rings (SSSR count). The van der Waals surface area contributed by atoms with E-state index in [-0.39, 0.29) is 12.7 Å². The highest BCUT2D eigenvalue weighted by Gasteiger charge is 2.16. The van der Waals surface area contributed by atoms with E-state index in [0.29, 0.717) is 23.7 Å². The summed E-state index contributed by atoms with van der Waals surface area (Å²) in [6.45, 7) is 8.22. The van der Waals surface area contributed by atoms with Gasteiger partial charge in [0.25, 0.3) is 5.91 Å². The lowest BCUT2D eigenvalue weighted by Gasteiger charge is -2.17. The van der Waals surface area contributed by atoms with E-state index in [9.17, 15) is 4.79 Å². The van der Waals surface area contributed by atoms with E-state index in [4.69, 9.17) is 9.47 Å². The van der Waals surface area contributed by atoms with Crippen LogP contribution in [0.1, 0.15) is 30.8 Å². The minimum absolute atomic E-state index is 0.140. The lowest BCUT2D eigenvalue weighted by Crippen LogP contribution is -2.30. The first kappa shape index (κ1) is 17.3. The normalized spacial score (nSPS) is 12.6. The first-order valence-corrected chi connectivity index (χ1v) is 8.67. The Morgan fingerprint density at radius 3 is 2.84 bits per heavy atom. The molecule has 0 aliphatic carbocycles. The van der Waals surface area contributed by atoms with Crippen LogP contribution in [0.5, 0.6) is 11.5 Å². The average molecular weight is 344 g/mol. The van der Waals surface area contributed by atoms with Gasteiger partial charge in [0, 0.05) is 12.1 Å². The van der Waals surface area contributed by atoms with Crippen LogP contribution in [0, 0.1) is 0 Å². The predicted molar refractivity (Wildman–Crippen MR) is 94.9 cm³/mol.